The first-order chi connectivity index (χ1) is 9.72. The summed E-state index contributed by atoms with van der Waals surface area (Å²) in [6.45, 7) is 5.53. The Labute approximate surface area is 120 Å². The second kappa shape index (κ2) is 5.78. The molecular weight excluding hydrogens is 248 g/mol. The highest BCUT2D eigenvalue weighted by Crippen LogP contribution is 2.26. The maximum atomic E-state index is 5.55. The first-order valence-corrected chi connectivity index (χ1v) is 7.12. The summed E-state index contributed by atoms with van der Waals surface area (Å²) in [5.74, 6) is 0.346. The van der Waals surface area contributed by atoms with E-state index in [1.54, 1.807) is 0 Å². The topological polar surface area (TPSA) is 18.5 Å². The zero-order valence-corrected chi connectivity index (χ0v) is 12.0. The van der Waals surface area contributed by atoms with Gasteiger partial charge >= 0.3 is 0 Å². The van der Waals surface area contributed by atoms with E-state index in [-0.39, 0.29) is 6.29 Å². The zero-order chi connectivity index (χ0) is 13.9. The van der Waals surface area contributed by atoms with Gasteiger partial charge in [0.25, 0.3) is 0 Å². The Morgan fingerprint density at radius 2 is 1.30 bits per heavy atom. The molecule has 1 aliphatic rings. The Morgan fingerprint density at radius 1 is 0.800 bits per heavy atom. The van der Waals surface area contributed by atoms with Crippen LogP contribution in [0.1, 0.15) is 24.0 Å². The van der Waals surface area contributed by atoms with Crippen molar-refractivity contribution >= 4 is 0 Å². The molecule has 3 rings (SSSR count). The molecule has 0 radical (unpaired) electrons. The molecule has 1 aliphatic heterocycles. The molecule has 2 aromatic carbocycles. The van der Waals surface area contributed by atoms with Gasteiger partial charge in [-0.3, -0.25) is 0 Å². The van der Waals surface area contributed by atoms with E-state index in [1.807, 2.05) is 6.92 Å². The summed E-state index contributed by atoms with van der Waals surface area (Å²) in [6, 6.07) is 17.3. The maximum absolute atomic E-state index is 5.55. The Hall–Kier alpha value is -1.64. The van der Waals surface area contributed by atoms with Crippen molar-refractivity contribution in [2.75, 3.05) is 13.2 Å². The van der Waals surface area contributed by atoms with Crippen molar-refractivity contribution < 1.29 is 9.47 Å². The van der Waals surface area contributed by atoms with Crippen LogP contribution in [0.4, 0.5) is 0 Å². The summed E-state index contributed by atoms with van der Waals surface area (Å²) in [4.78, 5) is 0. The highest BCUT2D eigenvalue weighted by molar-refractivity contribution is 5.64. The Balaban J connectivity index is 1.76. The molecule has 0 aromatic heterocycles. The fourth-order valence-corrected chi connectivity index (χ4v) is 2.49. The lowest BCUT2D eigenvalue weighted by atomic mass is 9.96. The van der Waals surface area contributed by atoms with Crippen LogP contribution in [0, 0.1) is 6.92 Å². The molecule has 0 amide bonds. The van der Waals surface area contributed by atoms with Gasteiger partial charge in [0.2, 0.25) is 0 Å². The molecule has 2 nitrogen and oxygen atoms in total. The normalized spacial score (nSPS) is 22.7. The minimum Gasteiger partial charge on any atom is -0.352 e. The van der Waals surface area contributed by atoms with E-state index in [1.165, 1.54) is 22.3 Å². The molecule has 104 valence electrons. The first-order valence-electron chi connectivity index (χ1n) is 7.12. The van der Waals surface area contributed by atoms with Crippen LogP contribution in [0.2, 0.25) is 0 Å². The van der Waals surface area contributed by atoms with Crippen molar-refractivity contribution in [2.24, 2.45) is 0 Å². The number of hydrogen-bond donors (Lipinski definition) is 0. The van der Waals surface area contributed by atoms with Crippen LogP contribution in [0.25, 0.3) is 11.1 Å². The van der Waals surface area contributed by atoms with Crippen molar-refractivity contribution in [1.82, 2.24) is 0 Å². The van der Waals surface area contributed by atoms with Gasteiger partial charge in [-0.25, -0.2) is 0 Å². The summed E-state index contributed by atoms with van der Waals surface area (Å²) in [7, 11) is 0. The van der Waals surface area contributed by atoms with Crippen LogP contribution >= 0.6 is 0 Å². The number of hydrogen-bond acceptors (Lipinski definition) is 2. The average molecular weight is 268 g/mol. The van der Waals surface area contributed by atoms with Crippen molar-refractivity contribution in [3.63, 3.8) is 0 Å². The Kier molecular flexibility index (Phi) is 3.86. The molecule has 0 saturated carbocycles. The molecule has 1 fully saturated rings. The van der Waals surface area contributed by atoms with E-state index in [0.29, 0.717) is 5.92 Å². The number of benzene rings is 2. The number of rotatable bonds is 2. The highest BCUT2D eigenvalue weighted by Gasteiger charge is 2.20. The predicted octanol–water partition coefficient (Wildman–Crippen LogP) is 4.14. The number of aryl methyl sites for hydroxylation is 1. The average Bonchev–Trinajstić information content (AvgIpc) is 2.49. The molecule has 0 aliphatic carbocycles. The second-order valence-corrected chi connectivity index (χ2v) is 5.42. The predicted molar refractivity (Wildman–Crippen MR) is 80.7 cm³/mol. The summed E-state index contributed by atoms with van der Waals surface area (Å²) in [6.07, 6.45) is -0.0712. The minimum atomic E-state index is -0.0712. The van der Waals surface area contributed by atoms with Crippen LogP contribution in [0.15, 0.2) is 48.5 Å². The van der Waals surface area contributed by atoms with Gasteiger partial charge in [0.1, 0.15) is 0 Å². The monoisotopic (exact) mass is 268 g/mol. The SMILES string of the molecule is Cc1ccc(-c2ccc(C3COC(C)OC3)cc2)cc1. The lowest BCUT2D eigenvalue weighted by Crippen LogP contribution is -2.28. The fraction of sp³-hybridized carbons (Fsp3) is 0.333. The third-order valence-electron chi connectivity index (χ3n) is 3.83. The summed E-state index contributed by atoms with van der Waals surface area (Å²) in [5, 5.41) is 0. The zero-order valence-electron chi connectivity index (χ0n) is 12.0. The molecule has 1 heterocycles. The van der Waals surface area contributed by atoms with E-state index >= 15 is 0 Å². The van der Waals surface area contributed by atoms with E-state index in [9.17, 15) is 0 Å². The molecular formula is C18H20O2. The summed E-state index contributed by atoms with van der Waals surface area (Å²) >= 11 is 0. The second-order valence-electron chi connectivity index (χ2n) is 5.42. The van der Waals surface area contributed by atoms with Gasteiger partial charge in [-0.15, -0.1) is 0 Å². The lowest BCUT2D eigenvalue weighted by Gasteiger charge is -2.27. The van der Waals surface area contributed by atoms with Crippen molar-refractivity contribution in [3.05, 3.63) is 59.7 Å². The van der Waals surface area contributed by atoms with Gasteiger partial charge in [-0.05, 0) is 30.5 Å². The van der Waals surface area contributed by atoms with Gasteiger partial charge in [0, 0.05) is 5.92 Å². The van der Waals surface area contributed by atoms with Crippen LogP contribution in [0.3, 0.4) is 0 Å². The molecule has 0 spiro atoms. The van der Waals surface area contributed by atoms with E-state index in [0.717, 1.165) is 13.2 Å². The summed E-state index contributed by atoms with van der Waals surface area (Å²) in [5.41, 5.74) is 5.08. The third-order valence-corrected chi connectivity index (χ3v) is 3.83. The largest absolute Gasteiger partial charge is 0.352 e. The van der Waals surface area contributed by atoms with Gasteiger partial charge < -0.3 is 9.47 Å². The fourth-order valence-electron chi connectivity index (χ4n) is 2.49. The highest BCUT2D eigenvalue weighted by atomic mass is 16.7. The van der Waals surface area contributed by atoms with E-state index < -0.39 is 0 Å². The smallest absolute Gasteiger partial charge is 0.154 e. The molecule has 2 heteroatoms. The van der Waals surface area contributed by atoms with Gasteiger partial charge in [0.15, 0.2) is 6.29 Å². The molecule has 1 saturated heterocycles. The van der Waals surface area contributed by atoms with E-state index in [2.05, 4.69) is 55.5 Å². The molecule has 20 heavy (non-hydrogen) atoms. The lowest BCUT2D eigenvalue weighted by molar-refractivity contribution is -0.176. The van der Waals surface area contributed by atoms with Crippen LogP contribution in [0.5, 0.6) is 0 Å². The molecule has 0 N–H and O–H groups in total. The van der Waals surface area contributed by atoms with Crippen LogP contribution < -0.4 is 0 Å². The molecule has 0 unspecified atom stereocenters. The first kappa shape index (κ1) is 13.3. The Bertz CT molecular complexity index is 549. The molecule has 0 bridgehead atoms. The van der Waals surface area contributed by atoms with E-state index in [4.69, 9.17) is 9.47 Å². The quantitative estimate of drug-likeness (QED) is 0.815. The van der Waals surface area contributed by atoms with Crippen molar-refractivity contribution in [3.8, 4) is 11.1 Å². The Morgan fingerprint density at radius 3 is 1.85 bits per heavy atom. The van der Waals surface area contributed by atoms with Crippen molar-refractivity contribution in [2.45, 2.75) is 26.1 Å². The number of ether oxygens (including phenoxy) is 2. The van der Waals surface area contributed by atoms with Gasteiger partial charge in [-0.2, -0.15) is 0 Å². The van der Waals surface area contributed by atoms with Crippen molar-refractivity contribution in [1.29, 1.82) is 0 Å². The van der Waals surface area contributed by atoms with Crippen LogP contribution in [-0.2, 0) is 9.47 Å². The van der Waals surface area contributed by atoms with Gasteiger partial charge in [-0.1, -0.05) is 54.1 Å². The standard InChI is InChI=1S/C18H20O2/c1-13-3-5-15(6-4-13)16-7-9-17(10-8-16)18-11-19-14(2)20-12-18/h3-10,14,18H,11-12H2,1-2H3. The summed E-state index contributed by atoms with van der Waals surface area (Å²) < 4.78 is 11.1. The molecule has 0 atom stereocenters. The van der Waals surface area contributed by atoms with Crippen LogP contribution in [-0.4, -0.2) is 19.5 Å². The molecule has 2 aromatic rings. The minimum absolute atomic E-state index is 0.0712. The van der Waals surface area contributed by atoms with Gasteiger partial charge in [0.05, 0.1) is 13.2 Å². The maximum Gasteiger partial charge on any atom is 0.154 e. The third kappa shape index (κ3) is 2.92.